The van der Waals surface area contributed by atoms with E-state index in [1.54, 1.807) is 18.3 Å². The van der Waals surface area contributed by atoms with Crippen molar-refractivity contribution in [2.24, 2.45) is 0 Å². The fourth-order valence-corrected chi connectivity index (χ4v) is 3.72. The first-order valence-electron chi connectivity index (χ1n) is 9.55. The van der Waals surface area contributed by atoms with Gasteiger partial charge in [0.1, 0.15) is 0 Å². The lowest BCUT2D eigenvalue weighted by Gasteiger charge is -2.34. The number of rotatable bonds is 6. The van der Waals surface area contributed by atoms with Gasteiger partial charge >= 0.3 is 0 Å². The third-order valence-electron chi connectivity index (χ3n) is 5.07. The Balaban J connectivity index is 1.38. The molecule has 0 aliphatic carbocycles. The molecule has 146 valence electrons. The van der Waals surface area contributed by atoms with Gasteiger partial charge in [-0.2, -0.15) is 0 Å². The highest BCUT2D eigenvalue weighted by Crippen LogP contribution is 2.26. The van der Waals surface area contributed by atoms with Crippen LogP contribution in [0.25, 0.3) is 6.08 Å². The number of carbonyl (C=O) groups excluding carboxylic acids is 1. The molecular formula is C24H22ClN3O. The van der Waals surface area contributed by atoms with Crippen molar-refractivity contribution in [3.05, 3.63) is 99.8 Å². The van der Waals surface area contributed by atoms with Gasteiger partial charge in [0.2, 0.25) is 0 Å². The van der Waals surface area contributed by atoms with E-state index in [4.69, 9.17) is 17.3 Å². The number of hydrogen-bond acceptors (Lipinski definition) is 4. The first-order valence-corrected chi connectivity index (χ1v) is 9.93. The van der Waals surface area contributed by atoms with E-state index in [1.165, 1.54) is 11.1 Å². The standard InChI is InChI=1S/C24H22ClN3O/c25-22-11-21(24(29)12-20-5-1-2-6-23(20)26)8-7-19(22)10-18-15-28(16-18)14-17-4-3-9-27-13-17/h1-11,13H,12,14-16,26H2. The molecule has 0 spiro atoms. The molecule has 1 aliphatic rings. The van der Waals surface area contributed by atoms with Crippen LogP contribution >= 0.6 is 11.6 Å². The molecule has 3 aromatic rings. The number of nitrogens with two attached hydrogens (primary N) is 1. The molecule has 0 saturated carbocycles. The summed E-state index contributed by atoms with van der Waals surface area (Å²) >= 11 is 6.46. The summed E-state index contributed by atoms with van der Waals surface area (Å²) in [6.07, 6.45) is 6.08. The van der Waals surface area contributed by atoms with E-state index in [9.17, 15) is 4.79 Å². The molecule has 0 radical (unpaired) electrons. The Morgan fingerprint density at radius 1 is 1.14 bits per heavy atom. The van der Waals surface area contributed by atoms with Crippen molar-refractivity contribution in [2.75, 3.05) is 18.8 Å². The van der Waals surface area contributed by atoms with E-state index in [-0.39, 0.29) is 12.2 Å². The zero-order valence-corrected chi connectivity index (χ0v) is 16.8. The zero-order chi connectivity index (χ0) is 20.2. The van der Waals surface area contributed by atoms with Crippen LogP contribution in [0.5, 0.6) is 0 Å². The Hall–Kier alpha value is -2.95. The monoisotopic (exact) mass is 403 g/mol. The number of aromatic nitrogens is 1. The number of nitrogens with zero attached hydrogens (tertiary/aromatic N) is 2. The molecule has 1 aliphatic heterocycles. The normalized spacial score (nSPS) is 13.8. The van der Waals surface area contributed by atoms with Crippen molar-refractivity contribution in [3.8, 4) is 0 Å². The number of benzene rings is 2. The maximum absolute atomic E-state index is 12.6. The molecule has 5 heteroatoms. The summed E-state index contributed by atoms with van der Waals surface area (Å²) in [4.78, 5) is 19.1. The van der Waals surface area contributed by atoms with E-state index in [0.717, 1.165) is 30.8 Å². The number of pyridine rings is 1. The predicted octanol–water partition coefficient (Wildman–Crippen LogP) is 4.64. The van der Waals surface area contributed by atoms with Crippen molar-refractivity contribution in [3.63, 3.8) is 0 Å². The molecule has 2 heterocycles. The van der Waals surface area contributed by atoms with Crippen molar-refractivity contribution in [1.29, 1.82) is 0 Å². The Morgan fingerprint density at radius 2 is 1.97 bits per heavy atom. The Labute approximate surface area is 175 Å². The molecule has 29 heavy (non-hydrogen) atoms. The molecule has 1 saturated heterocycles. The number of ketones is 1. The quantitative estimate of drug-likeness (QED) is 0.481. The predicted molar refractivity (Wildman–Crippen MR) is 118 cm³/mol. The SMILES string of the molecule is Nc1ccccc1CC(=O)c1ccc(C=C2CN(Cc3cccnc3)C2)c(Cl)c1. The lowest BCUT2D eigenvalue weighted by molar-refractivity contribution is 0.0993. The first-order chi connectivity index (χ1) is 14.1. The fraction of sp³-hybridized carbons (Fsp3) is 0.167. The van der Waals surface area contributed by atoms with Crippen molar-refractivity contribution in [1.82, 2.24) is 9.88 Å². The van der Waals surface area contributed by atoms with Crippen LogP contribution in [0.1, 0.15) is 27.0 Å². The molecule has 0 amide bonds. The number of likely N-dealkylation sites (tertiary alicyclic amines) is 1. The topological polar surface area (TPSA) is 59.2 Å². The van der Waals surface area contributed by atoms with Gasteiger partial charge in [-0.25, -0.2) is 0 Å². The second kappa shape index (κ2) is 8.60. The van der Waals surface area contributed by atoms with E-state index in [1.807, 2.05) is 42.6 Å². The van der Waals surface area contributed by atoms with Gasteiger partial charge in [0.25, 0.3) is 0 Å². The van der Waals surface area contributed by atoms with Gasteiger partial charge < -0.3 is 5.73 Å². The summed E-state index contributed by atoms with van der Waals surface area (Å²) in [7, 11) is 0. The minimum absolute atomic E-state index is 0.00953. The van der Waals surface area contributed by atoms with E-state index < -0.39 is 0 Å². The molecule has 1 aromatic heterocycles. The molecule has 0 atom stereocenters. The molecule has 4 rings (SSSR count). The third kappa shape index (κ3) is 4.73. The number of halogens is 1. The average Bonchev–Trinajstić information content (AvgIpc) is 2.70. The number of nitrogen functional groups attached to an aromatic ring is 1. The molecule has 0 unspecified atom stereocenters. The largest absolute Gasteiger partial charge is 0.398 e. The van der Waals surface area contributed by atoms with Crippen LogP contribution in [-0.4, -0.2) is 28.8 Å². The maximum atomic E-state index is 12.6. The van der Waals surface area contributed by atoms with Crippen molar-refractivity contribution >= 4 is 29.1 Å². The summed E-state index contributed by atoms with van der Waals surface area (Å²) in [5, 5.41) is 0.593. The van der Waals surface area contributed by atoms with Crippen molar-refractivity contribution in [2.45, 2.75) is 13.0 Å². The minimum Gasteiger partial charge on any atom is -0.398 e. The van der Waals surface area contributed by atoms with Gasteiger partial charge in [-0.1, -0.05) is 54.1 Å². The smallest absolute Gasteiger partial charge is 0.167 e. The molecule has 2 N–H and O–H groups in total. The highest BCUT2D eigenvalue weighted by molar-refractivity contribution is 6.32. The Morgan fingerprint density at radius 3 is 2.69 bits per heavy atom. The number of carbonyl (C=O) groups is 1. The highest BCUT2D eigenvalue weighted by atomic mass is 35.5. The lowest BCUT2D eigenvalue weighted by atomic mass is 9.99. The maximum Gasteiger partial charge on any atom is 0.167 e. The minimum atomic E-state index is 0.00953. The lowest BCUT2D eigenvalue weighted by Crippen LogP contribution is -2.39. The number of anilines is 1. The Bertz CT molecular complexity index is 1050. The number of Topliss-reactive ketones (excluding diaryl/α,β-unsaturated/α-hetero) is 1. The van der Waals surface area contributed by atoms with Crippen LogP contribution < -0.4 is 5.73 Å². The fourth-order valence-electron chi connectivity index (χ4n) is 3.49. The summed E-state index contributed by atoms with van der Waals surface area (Å²) in [5.41, 5.74) is 11.5. The van der Waals surface area contributed by atoms with Crippen LogP contribution in [0.4, 0.5) is 5.69 Å². The van der Waals surface area contributed by atoms with Gasteiger partial charge in [0.15, 0.2) is 5.78 Å². The second-order valence-electron chi connectivity index (χ2n) is 7.34. The van der Waals surface area contributed by atoms with Crippen LogP contribution in [-0.2, 0) is 13.0 Å². The number of hydrogen-bond donors (Lipinski definition) is 1. The average molecular weight is 404 g/mol. The summed E-state index contributed by atoms with van der Waals surface area (Å²) in [6.45, 7) is 2.73. The van der Waals surface area contributed by atoms with Crippen LogP contribution in [0.15, 0.2) is 72.6 Å². The summed E-state index contributed by atoms with van der Waals surface area (Å²) < 4.78 is 0. The molecule has 4 nitrogen and oxygen atoms in total. The van der Waals surface area contributed by atoms with Gasteiger partial charge in [-0.05, 0) is 40.5 Å². The Kier molecular flexibility index (Phi) is 5.74. The van der Waals surface area contributed by atoms with Gasteiger partial charge in [-0.15, -0.1) is 0 Å². The van der Waals surface area contributed by atoms with Crippen LogP contribution in [0.3, 0.4) is 0 Å². The molecular weight excluding hydrogens is 382 g/mol. The summed E-state index contributed by atoms with van der Waals surface area (Å²) in [5.74, 6) is 0.00953. The van der Waals surface area contributed by atoms with Gasteiger partial charge in [-0.3, -0.25) is 14.7 Å². The zero-order valence-electron chi connectivity index (χ0n) is 16.0. The molecule has 0 bridgehead atoms. The van der Waals surface area contributed by atoms with Crippen LogP contribution in [0, 0.1) is 0 Å². The van der Waals surface area contributed by atoms with Gasteiger partial charge in [0, 0.05) is 54.7 Å². The van der Waals surface area contributed by atoms with Gasteiger partial charge in [0.05, 0.1) is 0 Å². The van der Waals surface area contributed by atoms with E-state index >= 15 is 0 Å². The van der Waals surface area contributed by atoms with E-state index in [2.05, 4.69) is 22.0 Å². The summed E-state index contributed by atoms with van der Waals surface area (Å²) in [6, 6.07) is 17.0. The third-order valence-corrected chi connectivity index (χ3v) is 5.40. The van der Waals surface area contributed by atoms with E-state index in [0.29, 0.717) is 16.3 Å². The van der Waals surface area contributed by atoms with Crippen LogP contribution in [0.2, 0.25) is 5.02 Å². The highest BCUT2D eigenvalue weighted by Gasteiger charge is 2.20. The molecule has 2 aromatic carbocycles. The number of para-hydroxylation sites is 1. The first kappa shape index (κ1) is 19.4. The molecule has 1 fully saturated rings. The van der Waals surface area contributed by atoms with Crippen molar-refractivity contribution < 1.29 is 4.79 Å². The second-order valence-corrected chi connectivity index (χ2v) is 7.75.